The Morgan fingerprint density at radius 2 is 1.61 bits per heavy atom. The molecule has 2 aliphatic rings. The Hall–Kier alpha value is -3.80. The molecule has 2 unspecified atom stereocenters. The molecule has 2 aromatic rings. The van der Waals surface area contributed by atoms with Gasteiger partial charge in [0.1, 0.15) is 5.75 Å². The summed E-state index contributed by atoms with van der Waals surface area (Å²) in [6.07, 6.45) is 8.23. The number of phenolic OH excluding ortho intramolecular Hbond substituents is 1. The van der Waals surface area contributed by atoms with Gasteiger partial charge in [-0.1, -0.05) is 25.0 Å². The molecule has 1 aliphatic heterocycles. The zero-order valence-electron chi connectivity index (χ0n) is 20.3. The average Bonchev–Trinajstić information content (AvgIpc) is 3.04. The first-order chi connectivity index (χ1) is 17.1. The molecule has 0 amide bonds. The maximum Gasteiger partial charge on any atom is 0.324 e. The van der Waals surface area contributed by atoms with Gasteiger partial charge in [-0.2, -0.15) is 0 Å². The smallest absolute Gasteiger partial charge is 0.324 e. The van der Waals surface area contributed by atoms with E-state index in [1.165, 1.54) is 57.2 Å². The van der Waals surface area contributed by atoms with Gasteiger partial charge >= 0.3 is 11.4 Å². The van der Waals surface area contributed by atoms with Gasteiger partial charge in [-0.25, -0.2) is 0 Å². The van der Waals surface area contributed by atoms with Crippen molar-refractivity contribution in [1.29, 1.82) is 0 Å². The number of non-ortho nitro benzene ring substituents is 1. The second-order valence-electron chi connectivity index (χ2n) is 9.28. The number of hydrogen-bond donors (Lipinski definition) is 1. The molecule has 1 N–H and O–H groups in total. The SMILES string of the molecule is COc1cccc(C23CCCCC2CCN(C)CC3)c1.O=[N+]([O-])c1cc([N+](=O)[O-])c(O)c([N+](=O)[O-])c1. The molecule has 2 fully saturated rings. The van der Waals surface area contributed by atoms with Crippen LogP contribution in [0.4, 0.5) is 17.1 Å². The number of rotatable bonds is 5. The first kappa shape index (κ1) is 26.8. The molecule has 1 heterocycles. The first-order valence-electron chi connectivity index (χ1n) is 11.7. The van der Waals surface area contributed by atoms with Crippen molar-refractivity contribution in [2.75, 3.05) is 27.2 Å². The second-order valence-corrected chi connectivity index (χ2v) is 9.28. The fourth-order valence-electron chi connectivity index (χ4n) is 5.37. The molecule has 12 nitrogen and oxygen atoms in total. The lowest BCUT2D eigenvalue weighted by Gasteiger charge is -2.44. The van der Waals surface area contributed by atoms with Gasteiger partial charge in [-0.15, -0.1) is 0 Å². The maximum atomic E-state index is 10.4. The van der Waals surface area contributed by atoms with Crippen LogP contribution < -0.4 is 4.74 Å². The number of nitro benzene ring substituents is 3. The maximum absolute atomic E-state index is 10.4. The number of phenols is 1. The normalized spacial score (nSPS) is 21.8. The lowest BCUT2D eigenvalue weighted by molar-refractivity contribution is -0.404. The molecule has 194 valence electrons. The number of benzene rings is 2. The molecule has 1 saturated heterocycles. The van der Waals surface area contributed by atoms with Gasteiger partial charge in [0.2, 0.25) is 0 Å². The van der Waals surface area contributed by atoms with E-state index in [2.05, 4.69) is 36.2 Å². The summed E-state index contributed by atoms with van der Waals surface area (Å²) in [5, 5.41) is 40.2. The third-order valence-electron chi connectivity index (χ3n) is 7.31. The van der Waals surface area contributed by atoms with E-state index in [1.54, 1.807) is 7.11 Å². The van der Waals surface area contributed by atoms with E-state index in [4.69, 9.17) is 9.84 Å². The highest BCUT2D eigenvalue weighted by Crippen LogP contribution is 2.49. The van der Waals surface area contributed by atoms with E-state index < -0.39 is 37.6 Å². The predicted molar refractivity (Wildman–Crippen MR) is 131 cm³/mol. The van der Waals surface area contributed by atoms with Crippen LogP contribution in [0.5, 0.6) is 11.5 Å². The molecule has 0 radical (unpaired) electrons. The van der Waals surface area contributed by atoms with Gasteiger partial charge in [0.25, 0.3) is 11.4 Å². The third-order valence-corrected chi connectivity index (χ3v) is 7.31. The highest BCUT2D eigenvalue weighted by atomic mass is 16.6. The quantitative estimate of drug-likeness (QED) is 0.439. The highest BCUT2D eigenvalue weighted by molar-refractivity contribution is 5.64. The summed E-state index contributed by atoms with van der Waals surface area (Å²) in [5.74, 6) is 0.660. The Labute approximate surface area is 207 Å². The topological polar surface area (TPSA) is 162 Å². The van der Waals surface area contributed by atoms with Crippen molar-refractivity contribution in [1.82, 2.24) is 4.90 Å². The number of aromatic hydroxyl groups is 1. The molecule has 2 atom stereocenters. The Kier molecular flexibility index (Phi) is 8.41. The molecule has 12 heteroatoms. The monoisotopic (exact) mass is 502 g/mol. The number of hydrogen-bond acceptors (Lipinski definition) is 9. The third kappa shape index (κ3) is 5.70. The summed E-state index contributed by atoms with van der Waals surface area (Å²) in [4.78, 5) is 30.3. The lowest BCUT2D eigenvalue weighted by Crippen LogP contribution is -2.38. The molecule has 0 aromatic heterocycles. The van der Waals surface area contributed by atoms with Gasteiger partial charge in [-0.05, 0) is 74.8 Å². The number of likely N-dealkylation sites (tertiary alicyclic amines) is 1. The zero-order valence-corrected chi connectivity index (χ0v) is 20.3. The zero-order chi connectivity index (χ0) is 26.5. The van der Waals surface area contributed by atoms with Crippen molar-refractivity contribution in [2.24, 2.45) is 5.92 Å². The molecule has 0 bridgehead atoms. The van der Waals surface area contributed by atoms with E-state index >= 15 is 0 Å². The van der Waals surface area contributed by atoms with Crippen LogP contribution in [0.2, 0.25) is 0 Å². The number of methoxy groups -OCH3 is 1. The Bertz CT molecular complexity index is 1110. The number of fused-ring (bicyclic) bond motifs is 1. The summed E-state index contributed by atoms with van der Waals surface area (Å²) in [5.41, 5.74) is -1.08. The van der Waals surface area contributed by atoms with E-state index in [9.17, 15) is 30.3 Å². The minimum absolute atomic E-state index is 0.400. The first-order valence-corrected chi connectivity index (χ1v) is 11.7. The average molecular weight is 503 g/mol. The van der Waals surface area contributed by atoms with Gasteiger partial charge < -0.3 is 14.7 Å². The molecule has 1 saturated carbocycles. The van der Waals surface area contributed by atoms with Crippen LogP contribution in [0.15, 0.2) is 36.4 Å². The Morgan fingerprint density at radius 1 is 0.944 bits per heavy atom. The largest absolute Gasteiger partial charge is 0.497 e. The van der Waals surface area contributed by atoms with Crippen molar-refractivity contribution >= 4 is 17.1 Å². The van der Waals surface area contributed by atoms with Crippen LogP contribution in [-0.4, -0.2) is 52.0 Å². The van der Waals surface area contributed by atoms with Gasteiger partial charge in [0.15, 0.2) is 0 Å². The minimum Gasteiger partial charge on any atom is -0.497 e. The number of nitrogens with zero attached hydrogens (tertiary/aromatic N) is 4. The minimum atomic E-state index is -1.21. The molecular formula is C24H30N4O8. The Balaban J connectivity index is 0.000000207. The van der Waals surface area contributed by atoms with Crippen molar-refractivity contribution < 1.29 is 24.6 Å². The van der Waals surface area contributed by atoms with Crippen LogP contribution >= 0.6 is 0 Å². The summed E-state index contributed by atoms with van der Waals surface area (Å²) >= 11 is 0. The lowest BCUT2D eigenvalue weighted by atomic mass is 9.60. The molecular weight excluding hydrogens is 472 g/mol. The van der Waals surface area contributed by atoms with Crippen molar-refractivity contribution in [3.05, 3.63) is 72.3 Å². The van der Waals surface area contributed by atoms with E-state index in [0.717, 1.165) is 11.7 Å². The fraction of sp³-hybridized carbons (Fsp3) is 0.500. The molecule has 36 heavy (non-hydrogen) atoms. The van der Waals surface area contributed by atoms with E-state index in [0.29, 0.717) is 17.5 Å². The Morgan fingerprint density at radius 3 is 2.19 bits per heavy atom. The molecule has 0 spiro atoms. The van der Waals surface area contributed by atoms with Crippen LogP contribution in [0.25, 0.3) is 0 Å². The molecule has 1 aliphatic carbocycles. The van der Waals surface area contributed by atoms with E-state index in [-0.39, 0.29) is 0 Å². The van der Waals surface area contributed by atoms with Gasteiger partial charge in [0.05, 0.1) is 34.0 Å². The standard InChI is InChI=1S/C18H27NO.C6H3N3O7/c1-19-12-9-15-6-3-4-10-18(15,11-13-19)16-7-5-8-17(14-16)20-2;10-6-4(8(13)14)1-3(7(11)12)2-5(6)9(15)16/h5,7-8,14-15H,3-4,6,9-13H2,1-2H3;1-2,10H. The predicted octanol–water partition coefficient (Wildman–Crippen LogP) is 4.97. The summed E-state index contributed by atoms with van der Waals surface area (Å²) in [6, 6.07) is 9.77. The second kappa shape index (κ2) is 11.3. The number of ether oxygens (including phenoxy) is 1. The van der Waals surface area contributed by atoms with Crippen LogP contribution in [0.1, 0.15) is 44.1 Å². The fourth-order valence-corrected chi connectivity index (χ4v) is 5.37. The summed E-state index contributed by atoms with van der Waals surface area (Å²) < 4.78 is 5.46. The van der Waals surface area contributed by atoms with Crippen LogP contribution in [-0.2, 0) is 5.41 Å². The van der Waals surface area contributed by atoms with Crippen LogP contribution in [0.3, 0.4) is 0 Å². The highest BCUT2D eigenvalue weighted by Gasteiger charge is 2.43. The molecule has 4 rings (SSSR count). The summed E-state index contributed by atoms with van der Waals surface area (Å²) in [7, 11) is 4.05. The van der Waals surface area contributed by atoms with Gasteiger partial charge in [0, 0.05) is 0 Å². The van der Waals surface area contributed by atoms with Crippen molar-refractivity contribution in [3.8, 4) is 11.5 Å². The van der Waals surface area contributed by atoms with E-state index in [1.807, 2.05) is 0 Å². The van der Waals surface area contributed by atoms with Gasteiger partial charge in [-0.3, -0.25) is 30.3 Å². The van der Waals surface area contributed by atoms with Crippen LogP contribution in [0, 0.1) is 36.3 Å². The van der Waals surface area contributed by atoms with Crippen molar-refractivity contribution in [3.63, 3.8) is 0 Å². The molecule has 2 aromatic carbocycles. The number of nitro groups is 3. The van der Waals surface area contributed by atoms with Crippen molar-refractivity contribution in [2.45, 2.75) is 43.9 Å². The summed E-state index contributed by atoms with van der Waals surface area (Å²) in [6.45, 7) is 2.49.